The Hall–Kier alpha value is -2.06. The van der Waals surface area contributed by atoms with Gasteiger partial charge in [-0.05, 0) is 44.9 Å². The molecule has 0 saturated heterocycles. The van der Waals surface area contributed by atoms with Crippen LogP contribution in [0.3, 0.4) is 0 Å². The van der Waals surface area contributed by atoms with Crippen molar-refractivity contribution in [2.45, 2.75) is 65.4 Å². The number of benzene rings is 1. The lowest BCUT2D eigenvalue weighted by Crippen LogP contribution is -2.42. The summed E-state index contributed by atoms with van der Waals surface area (Å²) in [6.45, 7) is 8.92. The first-order chi connectivity index (χ1) is 12.0. The Morgan fingerprint density at radius 1 is 1.24 bits per heavy atom. The number of nitrogens with zero attached hydrogens (tertiary/aromatic N) is 1. The molecule has 0 aliphatic rings. The summed E-state index contributed by atoms with van der Waals surface area (Å²) in [6.07, 6.45) is 4.54. The maximum absolute atomic E-state index is 12.7. The van der Waals surface area contributed by atoms with Gasteiger partial charge in [0.1, 0.15) is 17.4 Å². The van der Waals surface area contributed by atoms with Crippen molar-refractivity contribution in [2.24, 2.45) is 0 Å². The molecule has 1 amide bonds. The van der Waals surface area contributed by atoms with Crippen LogP contribution in [0.4, 0.5) is 5.69 Å². The van der Waals surface area contributed by atoms with E-state index in [1.54, 1.807) is 18.2 Å². The predicted molar refractivity (Wildman–Crippen MR) is 99.7 cm³/mol. The van der Waals surface area contributed by atoms with E-state index in [0.717, 1.165) is 25.7 Å². The maximum atomic E-state index is 12.7. The average Bonchev–Trinajstić information content (AvgIpc) is 2.61. The highest BCUT2D eigenvalue weighted by Crippen LogP contribution is 2.25. The largest absolute Gasteiger partial charge is 0.492 e. The van der Waals surface area contributed by atoms with Crippen LogP contribution >= 0.6 is 0 Å². The molecule has 25 heavy (non-hydrogen) atoms. The van der Waals surface area contributed by atoms with Gasteiger partial charge in [-0.15, -0.1) is 0 Å². The monoisotopic (exact) mass is 346 g/mol. The van der Waals surface area contributed by atoms with Gasteiger partial charge in [0, 0.05) is 12.3 Å². The van der Waals surface area contributed by atoms with Crippen LogP contribution in [-0.2, 0) is 9.53 Å². The SMILES string of the molecule is CCCCOc1ccc(NC(=O)[C@](C)(CCCC)OCC)cc1C#N. The molecule has 1 N–H and O–H groups in total. The van der Waals surface area contributed by atoms with Crippen LogP contribution in [0.15, 0.2) is 18.2 Å². The van der Waals surface area contributed by atoms with E-state index in [9.17, 15) is 10.1 Å². The molecule has 0 unspecified atom stereocenters. The van der Waals surface area contributed by atoms with Gasteiger partial charge in [-0.2, -0.15) is 5.26 Å². The highest BCUT2D eigenvalue weighted by molar-refractivity contribution is 5.97. The summed E-state index contributed by atoms with van der Waals surface area (Å²) in [7, 11) is 0. The van der Waals surface area contributed by atoms with Gasteiger partial charge in [-0.1, -0.05) is 33.1 Å². The second-order valence-electron chi connectivity index (χ2n) is 6.25. The number of unbranched alkanes of at least 4 members (excludes halogenated alkanes) is 2. The molecular weight excluding hydrogens is 316 g/mol. The van der Waals surface area contributed by atoms with Gasteiger partial charge in [-0.3, -0.25) is 4.79 Å². The van der Waals surface area contributed by atoms with E-state index in [0.29, 0.717) is 36.6 Å². The van der Waals surface area contributed by atoms with Gasteiger partial charge in [0.05, 0.1) is 12.2 Å². The van der Waals surface area contributed by atoms with Crippen molar-refractivity contribution in [3.05, 3.63) is 23.8 Å². The number of ether oxygens (including phenoxy) is 2. The Morgan fingerprint density at radius 2 is 1.96 bits per heavy atom. The van der Waals surface area contributed by atoms with Crippen molar-refractivity contribution in [1.29, 1.82) is 5.26 Å². The molecule has 0 aliphatic carbocycles. The third kappa shape index (κ3) is 6.39. The van der Waals surface area contributed by atoms with Crippen LogP contribution in [0.2, 0.25) is 0 Å². The van der Waals surface area contributed by atoms with Gasteiger partial charge in [0.25, 0.3) is 5.91 Å². The molecule has 0 aliphatic heterocycles. The van der Waals surface area contributed by atoms with E-state index in [2.05, 4.69) is 25.2 Å². The molecule has 0 heterocycles. The van der Waals surface area contributed by atoms with Crippen molar-refractivity contribution in [1.82, 2.24) is 0 Å². The maximum Gasteiger partial charge on any atom is 0.256 e. The molecule has 1 aromatic carbocycles. The van der Waals surface area contributed by atoms with Gasteiger partial charge >= 0.3 is 0 Å². The fraction of sp³-hybridized carbons (Fsp3) is 0.600. The number of carbonyl (C=O) groups is 1. The quantitative estimate of drug-likeness (QED) is 0.591. The number of anilines is 1. The minimum Gasteiger partial charge on any atom is -0.492 e. The Labute approximate surface area is 151 Å². The molecule has 0 spiro atoms. The third-order valence-corrected chi connectivity index (χ3v) is 4.06. The Morgan fingerprint density at radius 3 is 2.56 bits per heavy atom. The lowest BCUT2D eigenvalue weighted by Gasteiger charge is -2.28. The zero-order valence-electron chi connectivity index (χ0n) is 15.9. The number of nitrogens with one attached hydrogen (secondary N) is 1. The van der Waals surface area contributed by atoms with Crippen molar-refractivity contribution in [3.8, 4) is 11.8 Å². The first kappa shape index (κ1) is 21.0. The normalized spacial score (nSPS) is 12.9. The first-order valence-electron chi connectivity index (χ1n) is 9.13. The fourth-order valence-corrected chi connectivity index (χ4v) is 2.49. The summed E-state index contributed by atoms with van der Waals surface area (Å²) < 4.78 is 11.3. The van der Waals surface area contributed by atoms with Gasteiger partial charge in [0.15, 0.2) is 0 Å². The van der Waals surface area contributed by atoms with Crippen LogP contribution in [-0.4, -0.2) is 24.7 Å². The summed E-state index contributed by atoms with van der Waals surface area (Å²) in [5.74, 6) is 0.360. The van der Waals surface area contributed by atoms with E-state index in [1.165, 1.54) is 0 Å². The second kappa shape index (κ2) is 10.7. The lowest BCUT2D eigenvalue weighted by atomic mass is 9.97. The molecule has 5 heteroatoms. The molecule has 1 atom stereocenters. The van der Waals surface area contributed by atoms with Crippen LogP contribution in [0.1, 0.15) is 65.4 Å². The minimum atomic E-state index is -0.867. The molecular formula is C20H30N2O3. The zero-order valence-corrected chi connectivity index (χ0v) is 15.9. The number of carbonyl (C=O) groups excluding carboxylic acids is 1. The van der Waals surface area contributed by atoms with Crippen molar-refractivity contribution >= 4 is 11.6 Å². The van der Waals surface area contributed by atoms with E-state index >= 15 is 0 Å². The predicted octanol–water partition coefficient (Wildman–Crippen LogP) is 4.66. The minimum absolute atomic E-state index is 0.189. The summed E-state index contributed by atoms with van der Waals surface area (Å²) in [4.78, 5) is 12.7. The smallest absolute Gasteiger partial charge is 0.256 e. The highest BCUT2D eigenvalue weighted by atomic mass is 16.5. The van der Waals surface area contributed by atoms with E-state index in [4.69, 9.17) is 9.47 Å². The number of nitriles is 1. The first-order valence-corrected chi connectivity index (χ1v) is 9.13. The van der Waals surface area contributed by atoms with Crippen LogP contribution in [0.25, 0.3) is 0 Å². The second-order valence-corrected chi connectivity index (χ2v) is 6.25. The lowest BCUT2D eigenvalue weighted by molar-refractivity contribution is -0.139. The third-order valence-electron chi connectivity index (χ3n) is 4.06. The average molecular weight is 346 g/mol. The van der Waals surface area contributed by atoms with Gasteiger partial charge in [0.2, 0.25) is 0 Å². The zero-order chi connectivity index (χ0) is 18.7. The summed E-state index contributed by atoms with van der Waals surface area (Å²) in [5.41, 5.74) is 0.126. The van der Waals surface area contributed by atoms with Crippen molar-refractivity contribution in [2.75, 3.05) is 18.5 Å². The fourth-order valence-electron chi connectivity index (χ4n) is 2.49. The van der Waals surface area contributed by atoms with E-state index in [1.807, 2.05) is 13.8 Å². The van der Waals surface area contributed by atoms with Gasteiger partial charge in [-0.25, -0.2) is 0 Å². The van der Waals surface area contributed by atoms with E-state index < -0.39 is 5.60 Å². The summed E-state index contributed by atoms with van der Waals surface area (Å²) >= 11 is 0. The molecule has 0 saturated carbocycles. The molecule has 138 valence electrons. The topological polar surface area (TPSA) is 71.3 Å². The highest BCUT2D eigenvalue weighted by Gasteiger charge is 2.33. The molecule has 1 aromatic rings. The summed E-state index contributed by atoms with van der Waals surface area (Å²) in [5, 5.41) is 12.2. The van der Waals surface area contributed by atoms with Crippen LogP contribution in [0.5, 0.6) is 5.75 Å². The Kier molecular flexibility index (Phi) is 9.01. The number of rotatable bonds is 11. The molecule has 1 rings (SSSR count). The van der Waals surface area contributed by atoms with Crippen molar-refractivity contribution < 1.29 is 14.3 Å². The van der Waals surface area contributed by atoms with Crippen LogP contribution < -0.4 is 10.1 Å². The van der Waals surface area contributed by atoms with E-state index in [-0.39, 0.29) is 5.91 Å². The van der Waals surface area contributed by atoms with Crippen LogP contribution in [0, 0.1) is 11.3 Å². The number of hydrogen-bond acceptors (Lipinski definition) is 4. The molecule has 0 aromatic heterocycles. The standard InChI is InChI=1S/C20H30N2O3/c1-5-8-12-20(4,25-7-3)19(23)22-17-10-11-18(16(14-17)15-21)24-13-9-6-2/h10-11,14H,5-9,12-13H2,1-4H3,(H,22,23)/t20-/m0/s1. The van der Waals surface area contributed by atoms with Crippen molar-refractivity contribution in [3.63, 3.8) is 0 Å². The molecule has 5 nitrogen and oxygen atoms in total. The molecule has 0 bridgehead atoms. The Bertz CT molecular complexity index is 595. The molecule has 0 fully saturated rings. The molecule has 0 radical (unpaired) electrons. The summed E-state index contributed by atoms with van der Waals surface area (Å²) in [6, 6.07) is 7.26. The van der Waals surface area contributed by atoms with Gasteiger partial charge < -0.3 is 14.8 Å². The number of hydrogen-bond donors (Lipinski definition) is 1. The Balaban J connectivity index is 2.86. The number of amides is 1.